The van der Waals surface area contributed by atoms with Crippen LogP contribution in [0.3, 0.4) is 0 Å². The number of amides is 1. The van der Waals surface area contributed by atoms with Gasteiger partial charge in [-0.15, -0.1) is 0 Å². The van der Waals surface area contributed by atoms with E-state index in [1.54, 1.807) is 6.92 Å². The van der Waals surface area contributed by atoms with Gasteiger partial charge in [-0.1, -0.05) is 36.4 Å². The van der Waals surface area contributed by atoms with E-state index in [1.165, 1.54) is 10.8 Å². The third-order valence-electron chi connectivity index (χ3n) is 6.08. The third-order valence-corrected chi connectivity index (χ3v) is 6.08. The highest BCUT2D eigenvalue weighted by Crippen LogP contribution is 2.43. The number of aromatic nitrogens is 2. The van der Waals surface area contributed by atoms with Gasteiger partial charge in [-0.05, 0) is 19.1 Å². The zero-order valence-corrected chi connectivity index (χ0v) is 17.9. The van der Waals surface area contributed by atoms with Gasteiger partial charge in [0.25, 0.3) is 5.56 Å². The van der Waals surface area contributed by atoms with E-state index < -0.39 is 35.6 Å². The van der Waals surface area contributed by atoms with Gasteiger partial charge in [0.2, 0.25) is 5.91 Å². The second-order valence-electron chi connectivity index (χ2n) is 8.27. The summed E-state index contributed by atoms with van der Waals surface area (Å²) in [7, 11) is 0. The minimum atomic E-state index is -0.885. The van der Waals surface area contributed by atoms with Gasteiger partial charge >= 0.3 is 5.69 Å². The molecule has 2 aliphatic heterocycles. The van der Waals surface area contributed by atoms with Crippen molar-refractivity contribution < 1.29 is 19.4 Å². The molecule has 5 rings (SSSR count). The Hall–Kier alpha value is -3.69. The van der Waals surface area contributed by atoms with Crippen molar-refractivity contribution in [2.75, 3.05) is 6.54 Å². The third kappa shape index (κ3) is 3.85. The molecule has 33 heavy (non-hydrogen) atoms. The van der Waals surface area contributed by atoms with E-state index in [0.29, 0.717) is 17.1 Å². The highest BCUT2D eigenvalue weighted by atomic mass is 16.5. The molecule has 0 radical (unpaired) electrons. The molecule has 1 saturated heterocycles. The number of carbonyl (C=O) groups is 1. The first-order valence-electron chi connectivity index (χ1n) is 10.7. The summed E-state index contributed by atoms with van der Waals surface area (Å²) in [6.07, 6.45) is -0.758. The number of aryl methyl sites for hydroxylation is 1. The van der Waals surface area contributed by atoms with Crippen LogP contribution in [0.5, 0.6) is 11.5 Å². The number of aromatic amines is 1. The molecule has 9 nitrogen and oxygen atoms in total. The molecule has 0 saturated carbocycles. The minimum absolute atomic E-state index is 0.0648. The fourth-order valence-corrected chi connectivity index (χ4v) is 4.37. The Kier molecular flexibility index (Phi) is 5.35. The van der Waals surface area contributed by atoms with Gasteiger partial charge in [-0.3, -0.25) is 19.1 Å². The predicted molar refractivity (Wildman–Crippen MR) is 118 cm³/mol. The first kappa shape index (κ1) is 21.2. The molecule has 9 heteroatoms. The summed E-state index contributed by atoms with van der Waals surface area (Å²) in [4.78, 5) is 39.3. The van der Waals surface area contributed by atoms with Crippen LogP contribution >= 0.6 is 0 Å². The number of nitrogens with zero attached hydrogens (tertiary/aromatic N) is 1. The smallest absolute Gasteiger partial charge is 0.330 e. The van der Waals surface area contributed by atoms with Gasteiger partial charge < -0.3 is 19.9 Å². The van der Waals surface area contributed by atoms with Crippen molar-refractivity contribution in [1.82, 2.24) is 14.9 Å². The lowest BCUT2D eigenvalue weighted by Gasteiger charge is -2.28. The molecule has 1 unspecified atom stereocenters. The van der Waals surface area contributed by atoms with Crippen LogP contribution in [-0.2, 0) is 9.53 Å². The fraction of sp³-hybridized carbons (Fsp3) is 0.292. The van der Waals surface area contributed by atoms with Crippen molar-refractivity contribution in [3.8, 4) is 11.5 Å². The molecule has 0 bridgehead atoms. The molecule has 1 fully saturated rings. The van der Waals surface area contributed by atoms with Crippen LogP contribution in [0.15, 0.2) is 64.3 Å². The Balaban J connectivity index is 1.33. The van der Waals surface area contributed by atoms with Gasteiger partial charge in [0.15, 0.2) is 0 Å². The number of para-hydroxylation sites is 2. The summed E-state index contributed by atoms with van der Waals surface area (Å²) < 4.78 is 13.1. The highest BCUT2D eigenvalue weighted by molar-refractivity contribution is 5.89. The maximum absolute atomic E-state index is 13.3. The molecule has 0 spiro atoms. The number of benzene rings is 2. The predicted octanol–water partition coefficient (Wildman–Crippen LogP) is 1.55. The van der Waals surface area contributed by atoms with Gasteiger partial charge in [-0.25, -0.2) is 4.79 Å². The minimum Gasteiger partial charge on any atom is -0.457 e. The monoisotopic (exact) mass is 449 g/mol. The van der Waals surface area contributed by atoms with Crippen LogP contribution in [-0.4, -0.2) is 39.3 Å². The lowest BCUT2D eigenvalue weighted by Crippen LogP contribution is -2.40. The van der Waals surface area contributed by atoms with Gasteiger partial charge in [0.05, 0.1) is 12.0 Å². The Morgan fingerprint density at radius 2 is 1.76 bits per heavy atom. The van der Waals surface area contributed by atoms with E-state index in [0.717, 1.165) is 11.1 Å². The van der Waals surface area contributed by atoms with Crippen molar-refractivity contribution in [2.24, 2.45) is 0 Å². The molecule has 3 heterocycles. The van der Waals surface area contributed by atoms with Crippen LogP contribution in [0.4, 0.5) is 0 Å². The molecular weight excluding hydrogens is 426 g/mol. The van der Waals surface area contributed by atoms with Gasteiger partial charge in [0, 0.05) is 35.9 Å². The summed E-state index contributed by atoms with van der Waals surface area (Å²) in [6.45, 7) is 1.65. The van der Waals surface area contributed by atoms with Crippen molar-refractivity contribution in [3.63, 3.8) is 0 Å². The summed E-state index contributed by atoms with van der Waals surface area (Å²) in [5.41, 5.74) is 0.810. The number of fused-ring (bicyclic) bond motifs is 2. The molecule has 2 aromatic carbocycles. The average molecular weight is 449 g/mol. The molecule has 3 atom stereocenters. The van der Waals surface area contributed by atoms with E-state index in [-0.39, 0.29) is 18.9 Å². The SMILES string of the molecule is Cc1cn([C@H]2CC(O)[C@@H](CNC(=O)C3c4ccccc4Oc4ccccc43)O2)c(=O)[nH]c1=O. The second kappa shape index (κ2) is 8.34. The first-order chi connectivity index (χ1) is 15.9. The van der Waals surface area contributed by atoms with Crippen molar-refractivity contribution in [2.45, 2.75) is 37.7 Å². The quantitative estimate of drug-likeness (QED) is 0.556. The number of nitrogens with one attached hydrogen (secondary N) is 2. The standard InChI is InChI=1S/C24H23N3O6/c1-13-12-27(24(31)26-22(13)29)20-10-16(28)19(33-20)11-25-23(30)21-14-6-2-4-8-17(14)32-18-9-5-3-7-15(18)21/h2-9,12,16,19-21,28H,10-11H2,1H3,(H,25,30)(H,26,29,31)/t16?,19-,20-/m1/s1. The van der Waals surface area contributed by atoms with Crippen molar-refractivity contribution in [1.29, 1.82) is 0 Å². The molecule has 2 aliphatic rings. The van der Waals surface area contributed by atoms with Crippen LogP contribution in [0.1, 0.15) is 35.3 Å². The zero-order chi connectivity index (χ0) is 23.1. The molecule has 170 valence electrons. The lowest BCUT2D eigenvalue weighted by atomic mass is 9.87. The van der Waals surface area contributed by atoms with Gasteiger partial charge in [-0.2, -0.15) is 0 Å². The van der Waals surface area contributed by atoms with E-state index >= 15 is 0 Å². The van der Waals surface area contributed by atoms with E-state index in [9.17, 15) is 19.5 Å². The summed E-state index contributed by atoms with van der Waals surface area (Å²) in [5.74, 6) is 0.447. The van der Waals surface area contributed by atoms with Crippen LogP contribution in [0, 0.1) is 6.92 Å². The van der Waals surface area contributed by atoms with E-state index in [4.69, 9.17) is 9.47 Å². The molecular formula is C24H23N3O6. The number of aliphatic hydroxyl groups excluding tert-OH is 1. The molecule has 3 aromatic rings. The number of H-pyrrole nitrogens is 1. The highest BCUT2D eigenvalue weighted by Gasteiger charge is 2.37. The number of hydrogen-bond donors (Lipinski definition) is 3. The number of ether oxygens (including phenoxy) is 2. The normalized spacial score (nSPS) is 21.7. The number of carbonyl (C=O) groups excluding carboxylic acids is 1. The van der Waals surface area contributed by atoms with Crippen LogP contribution in [0.2, 0.25) is 0 Å². The fourth-order valence-electron chi connectivity index (χ4n) is 4.37. The topological polar surface area (TPSA) is 123 Å². The summed E-state index contributed by atoms with van der Waals surface area (Å²) in [6, 6.07) is 14.8. The zero-order valence-electron chi connectivity index (χ0n) is 17.9. The largest absolute Gasteiger partial charge is 0.457 e. The molecule has 1 aromatic heterocycles. The van der Waals surface area contributed by atoms with E-state index in [1.807, 2.05) is 48.5 Å². The second-order valence-corrected chi connectivity index (χ2v) is 8.27. The first-order valence-corrected chi connectivity index (χ1v) is 10.7. The Morgan fingerprint density at radius 3 is 2.42 bits per heavy atom. The van der Waals surface area contributed by atoms with Crippen LogP contribution in [0.25, 0.3) is 0 Å². The van der Waals surface area contributed by atoms with Crippen molar-refractivity contribution in [3.05, 3.63) is 92.3 Å². The lowest BCUT2D eigenvalue weighted by molar-refractivity contribution is -0.123. The Bertz CT molecular complexity index is 1280. The summed E-state index contributed by atoms with van der Waals surface area (Å²) in [5, 5.41) is 13.4. The number of aliphatic hydroxyl groups is 1. The van der Waals surface area contributed by atoms with E-state index in [2.05, 4.69) is 10.3 Å². The maximum Gasteiger partial charge on any atom is 0.330 e. The Labute approximate surface area is 188 Å². The molecule has 1 amide bonds. The average Bonchev–Trinajstić information content (AvgIpc) is 3.18. The molecule has 0 aliphatic carbocycles. The maximum atomic E-state index is 13.3. The Morgan fingerprint density at radius 1 is 1.12 bits per heavy atom. The van der Waals surface area contributed by atoms with Gasteiger partial charge in [0.1, 0.15) is 23.8 Å². The van der Waals surface area contributed by atoms with Crippen LogP contribution < -0.4 is 21.3 Å². The number of hydrogen-bond acceptors (Lipinski definition) is 6. The van der Waals surface area contributed by atoms with Crippen molar-refractivity contribution >= 4 is 5.91 Å². The number of rotatable bonds is 4. The summed E-state index contributed by atoms with van der Waals surface area (Å²) >= 11 is 0. The molecule has 3 N–H and O–H groups in total.